The molecule has 0 amide bonds. The summed E-state index contributed by atoms with van der Waals surface area (Å²) in [7, 11) is 0. The number of aliphatic hydroxyl groups excluding tert-OH is 1. The van der Waals surface area contributed by atoms with Crippen molar-refractivity contribution in [2.75, 3.05) is 6.61 Å². The number of aliphatic hydroxyl groups is 1. The van der Waals surface area contributed by atoms with Gasteiger partial charge in [-0.15, -0.1) is 0 Å². The van der Waals surface area contributed by atoms with Gasteiger partial charge in [0, 0.05) is 0 Å². The van der Waals surface area contributed by atoms with Crippen LogP contribution in [0.2, 0.25) is 0 Å². The van der Waals surface area contributed by atoms with E-state index in [4.69, 9.17) is 4.74 Å². The first-order valence-corrected chi connectivity index (χ1v) is 7.25. The quantitative estimate of drug-likeness (QED) is 0.662. The molecule has 0 unspecified atom stereocenters. The minimum absolute atomic E-state index is 0.276. The van der Waals surface area contributed by atoms with Crippen LogP contribution in [0.25, 0.3) is 0 Å². The fourth-order valence-electron chi connectivity index (χ4n) is 1.96. The monoisotopic (exact) mass is 268 g/mol. The smallest absolute Gasteiger partial charge is 0.165 e. The molecule has 0 aliphatic carbocycles. The van der Waals surface area contributed by atoms with Gasteiger partial charge in [0.2, 0.25) is 0 Å². The highest BCUT2D eigenvalue weighted by Gasteiger charge is 2.07. The van der Waals surface area contributed by atoms with Crippen molar-refractivity contribution in [3.05, 3.63) is 29.6 Å². The van der Waals surface area contributed by atoms with Crippen molar-refractivity contribution >= 4 is 0 Å². The molecule has 0 spiro atoms. The highest BCUT2D eigenvalue weighted by atomic mass is 19.1. The van der Waals surface area contributed by atoms with E-state index in [9.17, 15) is 9.50 Å². The predicted octanol–water partition coefficient (Wildman–Crippen LogP) is 4.62. The number of hydrogen-bond donors (Lipinski definition) is 1. The van der Waals surface area contributed by atoms with Crippen molar-refractivity contribution in [3.63, 3.8) is 0 Å². The van der Waals surface area contributed by atoms with Crippen LogP contribution >= 0.6 is 0 Å². The van der Waals surface area contributed by atoms with Crippen molar-refractivity contribution in [2.24, 2.45) is 0 Å². The number of halogens is 1. The van der Waals surface area contributed by atoms with Gasteiger partial charge in [-0.05, 0) is 31.0 Å². The second-order valence-corrected chi connectivity index (χ2v) is 4.98. The van der Waals surface area contributed by atoms with Crippen LogP contribution in [0.15, 0.2) is 18.2 Å². The van der Waals surface area contributed by atoms with Gasteiger partial charge in [0.15, 0.2) is 11.6 Å². The summed E-state index contributed by atoms with van der Waals surface area (Å²) < 4.78 is 19.1. The molecule has 0 heterocycles. The zero-order chi connectivity index (χ0) is 14.1. The van der Waals surface area contributed by atoms with Crippen molar-refractivity contribution in [1.29, 1.82) is 0 Å². The third kappa shape index (κ3) is 6.06. The van der Waals surface area contributed by atoms with E-state index in [1.807, 2.05) is 0 Å². The Kier molecular flexibility index (Phi) is 7.49. The van der Waals surface area contributed by atoms with Crippen LogP contribution in [-0.2, 0) is 0 Å². The fraction of sp³-hybridized carbons (Fsp3) is 0.625. The maximum Gasteiger partial charge on any atom is 0.165 e. The third-order valence-corrected chi connectivity index (χ3v) is 3.19. The number of unbranched alkanes of at least 4 members (excludes halogenated alkanes) is 5. The average molecular weight is 268 g/mol. The molecule has 0 radical (unpaired) electrons. The molecule has 1 N–H and O–H groups in total. The molecule has 3 heteroatoms. The summed E-state index contributed by atoms with van der Waals surface area (Å²) in [6, 6.07) is 4.63. The van der Waals surface area contributed by atoms with Crippen LogP contribution in [0.1, 0.15) is 64.0 Å². The van der Waals surface area contributed by atoms with E-state index >= 15 is 0 Å². The largest absolute Gasteiger partial charge is 0.491 e. The van der Waals surface area contributed by atoms with E-state index in [-0.39, 0.29) is 5.75 Å². The lowest BCUT2D eigenvalue weighted by molar-refractivity contribution is 0.198. The summed E-state index contributed by atoms with van der Waals surface area (Å²) >= 11 is 0. The Morgan fingerprint density at radius 1 is 1.16 bits per heavy atom. The Hall–Kier alpha value is -1.09. The summed E-state index contributed by atoms with van der Waals surface area (Å²) in [4.78, 5) is 0. The number of ether oxygens (including phenoxy) is 1. The molecule has 108 valence electrons. The van der Waals surface area contributed by atoms with Crippen LogP contribution in [0, 0.1) is 5.82 Å². The number of rotatable bonds is 9. The van der Waals surface area contributed by atoms with Crippen LogP contribution in [0.5, 0.6) is 5.75 Å². The Morgan fingerprint density at radius 3 is 2.47 bits per heavy atom. The van der Waals surface area contributed by atoms with Gasteiger partial charge in [-0.1, -0.05) is 45.1 Å². The minimum atomic E-state index is -0.651. The van der Waals surface area contributed by atoms with E-state index in [2.05, 4.69) is 6.92 Å². The molecule has 0 aliphatic heterocycles. The zero-order valence-corrected chi connectivity index (χ0v) is 12.0. The minimum Gasteiger partial charge on any atom is -0.491 e. The van der Waals surface area contributed by atoms with Gasteiger partial charge in [-0.25, -0.2) is 4.39 Å². The van der Waals surface area contributed by atoms with Crippen LogP contribution < -0.4 is 4.74 Å². The van der Waals surface area contributed by atoms with E-state index in [0.717, 1.165) is 12.8 Å². The molecule has 2 nitrogen and oxygen atoms in total. The average Bonchev–Trinajstić information content (AvgIpc) is 2.39. The molecule has 1 aromatic carbocycles. The Balaban J connectivity index is 2.26. The van der Waals surface area contributed by atoms with Gasteiger partial charge in [0.1, 0.15) is 0 Å². The molecule has 0 fully saturated rings. The summed E-state index contributed by atoms with van der Waals surface area (Å²) in [5, 5.41) is 9.35. The number of hydrogen-bond acceptors (Lipinski definition) is 2. The first-order valence-electron chi connectivity index (χ1n) is 7.25. The maximum atomic E-state index is 13.7. The van der Waals surface area contributed by atoms with Gasteiger partial charge < -0.3 is 9.84 Å². The molecule has 1 atom stereocenters. The maximum absolute atomic E-state index is 13.7. The van der Waals surface area contributed by atoms with Crippen molar-refractivity contribution in [1.82, 2.24) is 0 Å². The van der Waals surface area contributed by atoms with Crippen molar-refractivity contribution in [3.8, 4) is 5.75 Å². The summed E-state index contributed by atoms with van der Waals surface area (Å²) in [5.74, 6) is -0.123. The van der Waals surface area contributed by atoms with E-state index in [0.29, 0.717) is 12.2 Å². The third-order valence-electron chi connectivity index (χ3n) is 3.19. The second-order valence-electron chi connectivity index (χ2n) is 4.98. The molecule has 0 aliphatic rings. The van der Waals surface area contributed by atoms with E-state index in [1.54, 1.807) is 19.1 Å². The molecule has 0 saturated heterocycles. The van der Waals surface area contributed by atoms with E-state index < -0.39 is 11.9 Å². The van der Waals surface area contributed by atoms with Crippen molar-refractivity contribution < 1.29 is 14.2 Å². The Bertz CT molecular complexity index is 364. The standard InChI is InChI=1S/C16H25FO2/c1-3-4-5-6-7-8-11-19-16-10-9-14(13(2)18)12-15(16)17/h9-10,12-13,18H,3-8,11H2,1-2H3/t13-/m0/s1. The Morgan fingerprint density at radius 2 is 1.84 bits per heavy atom. The fourth-order valence-corrected chi connectivity index (χ4v) is 1.96. The number of benzene rings is 1. The highest BCUT2D eigenvalue weighted by molar-refractivity contribution is 5.30. The molecule has 0 aromatic heterocycles. The summed E-state index contributed by atoms with van der Waals surface area (Å²) in [6.45, 7) is 4.37. The molecule has 1 rings (SSSR count). The topological polar surface area (TPSA) is 29.5 Å². The van der Waals surface area contributed by atoms with Crippen LogP contribution in [0.3, 0.4) is 0 Å². The van der Waals surface area contributed by atoms with Gasteiger partial charge >= 0.3 is 0 Å². The normalized spacial score (nSPS) is 12.4. The van der Waals surface area contributed by atoms with Gasteiger partial charge in [-0.2, -0.15) is 0 Å². The SMILES string of the molecule is CCCCCCCCOc1ccc([C@H](C)O)cc1F. The van der Waals surface area contributed by atoms with E-state index in [1.165, 1.54) is 31.7 Å². The molecular weight excluding hydrogens is 243 g/mol. The lowest BCUT2D eigenvalue weighted by atomic mass is 10.1. The predicted molar refractivity (Wildman–Crippen MR) is 75.9 cm³/mol. The van der Waals surface area contributed by atoms with Crippen LogP contribution in [-0.4, -0.2) is 11.7 Å². The van der Waals surface area contributed by atoms with Gasteiger partial charge in [-0.3, -0.25) is 0 Å². The van der Waals surface area contributed by atoms with Gasteiger partial charge in [0.05, 0.1) is 12.7 Å². The molecule has 0 saturated carbocycles. The lowest BCUT2D eigenvalue weighted by Gasteiger charge is -2.10. The van der Waals surface area contributed by atoms with Crippen LogP contribution in [0.4, 0.5) is 4.39 Å². The summed E-state index contributed by atoms with van der Waals surface area (Å²) in [6.07, 6.45) is 6.47. The lowest BCUT2D eigenvalue weighted by Crippen LogP contribution is -2.00. The highest BCUT2D eigenvalue weighted by Crippen LogP contribution is 2.22. The molecule has 19 heavy (non-hydrogen) atoms. The molecule has 1 aromatic rings. The molecular formula is C16H25FO2. The van der Waals surface area contributed by atoms with Gasteiger partial charge in [0.25, 0.3) is 0 Å². The molecule has 0 bridgehead atoms. The first-order chi connectivity index (χ1) is 9.15. The first kappa shape index (κ1) is 16.0. The summed E-state index contributed by atoms with van der Waals surface area (Å²) in [5.41, 5.74) is 0.574. The van der Waals surface area contributed by atoms with Crippen molar-refractivity contribution in [2.45, 2.75) is 58.5 Å². The zero-order valence-electron chi connectivity index (χ0n) is 12.0. The second kappa shape index (κ2) is 8.92. The Labute approximate surface area is 115 Å².